The summed E-state index contributed by atoms with van der Waals surface area (Å²) in [6, 6.07) is 2.64. The third-order valence-corrected chi connectivity index (χ3v) is 2.42. The smallest absolute Gasteiger partial charge is 0.326 e. The molecule has 0 spiro atoms. The molecule has 1 atom stereocenters. The van der Waals surface area contributed by atoms with E-state index in [1.54, 1.807) is 6.92 Å². The van der Waals surface area contributed by atoms with Gasteiger partial charge in [0.25, 0.3) is 0 Å². The number of ether oxygens (including phenoxy) is 2. The van der Waals surface area contributed by atoms with E-state index in [1.807, 2.05) is 13.8 Å². The molecular weight excluding hydrogens is 268 g/mol. The number of esters is 1. The fraction of sp³-hybridized carbons (Fsp3) is 0.500. The van der Waals surface area contributed by atoms with Crippen molar-refractivity contribution in [3.8, 4) is 5.75 Å². The molecule has 4 nitrogen and oxygen atoms in total. The second-order valence-corrected chi connectivity index (χ2v) is 4.49. The first-order valence-corrected chi connectivity index (χ1v) is 6.45. The van der Waals surface area contributed by atoms with Gasteiger partial charge in [-0.2, -0.15) is 0 Å². The third-order valence-electron chi connectivity index (χ3n) is 2.42. The highest BCUT2D eigenvalue weighted by atomic mass is 19.1. The summed E-state index contributed by atoms with van der Waals surface area (Å²) in [4.78, 5) is 11.7. The molecule has 0 amide bonds. The molecule has 20 heavy (non-hydrogen) atoms. The lowest BCUT2D eigenvalue weighted by Gasteiger charge is -2.20. The zero-order chi connectivity index (χ0) is 15.1. The molecule has 0 aliphatic carbocycles. The molecule has 0 saturated heterocycles. The van der Waals surface area contributed by atoms with Crippen LogP contribution in [-0.4, -0.2) is 31.3 Å². The van der Waals surface area contributed by atoms with E-state index in [1.165, 1.54) is 6.07 Å². The third kappa shape index (κ3) is 4.77. The summed E-state index contributed by atoms with van der Waals surface area (Å²) in [5.74, 6) is -2.63. The Labute approximate surface area is 117 Å². The van der Waals surface area contributed by atoms with Crippen molar-refractivity contribution in [2.75, 3.05) is 13.2 Å². The van der Waals surface area contributed by atoms with Crippen LogP contribution in [0.25, 0.3) is 0 Å². The Morgan fingerprint density at radius 3 is 2.40 bits per heavy atom. The van der Waals surface area contributed by atoms with Gasteiger partial charge >= 0.3 is 5.97 Å². The van der Waals surface area contributed by atoms with Crippen LogP contribution in [0.1, 0.15) is 20.8 Å². The van der Waals surface area contributed by atoms with E-state index >= 15 is 0 Å². The second-order valence-electron chi connectivity index (χ2n) is 4.49. The van der Waals surface area contributed by atoms with Crippen LogP contribution in [0.2, 0.25) is 0 Å². The summed E-state index contributed by atoms with van der Waals surface area (Å²) < 4.78 is 36.8. The van der Waals surface area contributed by atoms with E-state index in [4.69, 9.17) is 9.47 Å². The average molecular weight is 287 g/mol. The van der Waals surface area contributed by atoms with Gasteiger partial charge in [0.05, 0.1) is 6.61 Å². The van der Waals surface area contributed by atoms with Crippen molar-refractivity contribution in [1.82, 2.24) is 5.32 Å². The lowest BCUT2D eigenvalue weighted by atomic mass is 10.2. The quantitative estimate of drug-likeness (QED) is 0.782. The van der Waals surface area contributed by atoms with E-state index in [0.717, 1.165) is 12.1 Å². The number of halogens is 2. The van der Waals surface area contributed by atoms with Gasteiger partial charge in [0.1, 0.15) is 12.6 Å². The van der Waals surface area contributed by atoms with Crippen molar-refractivity contribution < 1.29 is 23.0 Å². The highest BCUT2D eigenvalue weighted by Crippen LogP contribution is 2.20. The van der Waals surface area contributed by atoms with Crippen molar-refractivity contribution in [1.29, 1.82) is 0 Å². The maximum absolute atomic E-state index is 13.4. The Morgan fingerprint density at radius 1 is 1.30 bits per heavy atom. The van der Waals surface area contributed by atoms with E-state index < -0.39 is 29.4 Å². The van der Waals surface area contributed by atoms with Gasteiger partial charge in [0.15, 0.2) is 17.4 Å². The van der Waals surface area contributed by atoms with E-state index in [0.29, 0.717) is 0 Å². The molecule has 1 rings (SSSR count). The van der Waals surface area contributed by atoms with Crippen LogP contribution in [0.4, 0.5) is 8.78 Å². The van der Waals surface area contributed by atoms with Gasteiger partial charge in [0.2, 0.25) is 0 Å². The van der Waals surface area contributed by atoms with Crippen molar-refractivity contribution >= 4 is 5.97 Å². The molecule has 1 N–H and O–H groups in total. The summed E-state index contributed by atoms with van der Waals surface area (Å²) in [6.45, 7) is 5.38. The molecule has 1 aromatic rings. The van der Waals surface area contributed by atoms with Crippen LogP contribution in [0, 0.1) is 11.6 Å². The van der Waals surface area contributed by atoms with E-state index in [-0.39, 0.29) is 19.3 Å². The molecule has 1 aromatic carbocycles. The maximum atomic E-state index is 13.4. The summed E-state index contributed by atoms with van der Waals surface area (Å²) in [5.41, 5.74) is 0. The second kappa shape index (κ2) is 7.79. The standard InChI is InChI=1S/C14H19F2NO3/c1-4-19-14(18)12(17-9(2)3)8-20-13-10(15)6-5-7-11(13)16/h5-7,9,12,17H,4,8H2,1-3H3. The Balaban J connectivity index is 2.73. The van der Waals surface area contributed by atoms with Gasteiger partial charge < -0.3 is 9.47 Å². The molecule has 6 heteroatoms. The number of carbonyl (C=O) groups excluding carboxylic acids is 1. The summed E-state index contributed by atoms with van der Waals surface area (Å²) in [7, 11) is 0. The minimum atomic E-state index is -0.808. The molecule has 0 aromatic heterocycles. The normalized spacial score (nSPS) is 12.3. The monoisotopic (exact) mass is 287 g/mol. The average Bonchev–Trinajstić information content (AvgIpc) is 2.36. The van der Waals surface area contributed by atoms with E-state index in [9.17, 15) is 13.6 Å². The molecule has 0 radical (unpaired) electrons. The molecule has 112 valence electrons. The minimum absolute atomic E-state index is 0.00141. The van der Waals surface area contributed by atoms with Gasteiger partial charge in [-0.25, -0.2) is 8.78 Å². The zero-order valence-electron chi connectivity index (χ0n) is 11.8. The zero-order valence-corrected chi connectivity index (χ0v) is 11.8. The molecule has 1 unspecified atom stereocenters. The predicted octanol–water partition coefficient (Wildman–Crippen LogP) is 2.27. The largest absolute Gasteiger partial charge is 0.485 e. The van der Waals surface area contributed by atoms with Gasteiger partial charge in [-0.3, -0.25) is 10.1 Å². The number of carbonyl (C=O) groups is 1. The Kier molecular flexibility index (Phi) is 6.38. The first kappa shape index (κ1) is 16.4. The van der Waals surface area contributed by atoms with Gasteiger partial charge in [-0.15, -0.1) is 0 Å². The first-order chi connectivity index (χ1) is 9.45. The Morgan fingerprint density at radius 2 is 1.90 bits per heavy atom. The lowest BCUT2D eigenvalue weighted by molar-refractivity contribution is -0.146. The highest BCUT2D eigenvalue weighted by molar-refractivity contribution is 5.76. The van der Waals surface area contributed by atoms with Crippen LogP contribution in [0.3, 0.4) is 0 Å². The molecule has 0 fully saturated rings. The number of nitrogens with one attached hydrogen (secondary N) is 1. The van der Waals surface area contributed by atoms with Crippen molar-refractivity contribution in [2.24, 2.45) is 0 Å². The maximum Gasteiger partial charge on any atom is 0.326 e. The fourth-order valence-electron chi connectivity index (χ4n) is 1.62. The lowest BCUT2D eigenvalue weighted by Crippen LogP contribution is -2.46. The molecule has 0 saturated carbocycles. The van der Waals surface area contributed by atoms with Gasteiger partial charge in [0, 0.05) is 6.04 Å². The molecule has 0 aliphatic rings. The molecule has 0 heterocycles. The molecular formula is C14H19F2NO3. The molecule has 0 bridgehead atoms. The van der Waals surface area contributed by atoms with Gasteiger partial charge in [-0.05, 0) is 19.1 Å². The predicted molar refractivity (Wildman–Crippen MR) is 70.5 cm³/mol. The number of hydrogen-bond donors (Lipinski definition) is 1. The number of para-hydroxylation sites is 1. The van der Waals surface area contributed by atoms with Crippen molar-refractivity contribution in [3.05, 3.63) is 29.8 Å². The Bertz CT molecular complexity index is 432. The minimum Gasteiger partial charge on any atom is -0.485 e. The van der Waals surface area contributed by atoms with Crippen molar-refractivity contribution in [2.45, 2.75) is 32.9 Å². The fourth-order valence-corrected chi connectivity index (χ4v) is 1.62. The van der Waals surface area contributed by atoms with Crippen LogP contribution in [0.15, 0.2) is 18.2 Å². The number of hydrogen-bond acceptors (Lipinski definition) is 4. The SMILES string of the molecule is CCOC(=O)C(COc1c(F)cccc1F)NC(C)C. The number of rotatable bonds is 7. The summed E-state index contributed by atoms with van der Waals surface area (Å²) in [5, 5.41) is 2.93. The van der Waals surface area contributed by atoms with Crippen LogP contribution in [-0.2, 0) is 9.53 Å². The highest BCUT2D eigenvalue weighted by Gasteiger charge is 2.22. The van der Waals surface area contributed by atoms with Crippen LogP contribution in [0.5, 0.6) is 5.75 Å². The number of benzene rings is 1. The van der Waals surface area contributed by atoms with Crippen LogP contribution >= 0.6 is 0 Å². The van der Waals surface area contributed by atoms with E-state index in [2.05, 4.69) is 5.32 Å². The topological polar surface area (TPSA) is 47.6 Å². The summed E-state index contributed by atoms with van der Waals surface area (Å²) in [6.07, 6.45) is 0. The molecule has 0 aliphatic heterocycles. The van der Waals surface area contributed by atoms with Gasteiger partial charge in [-0.1, -0.05) is 19.9 Å². The summed E-state index contributed by atoms with van der Waals surface area (Å²) >= 11 is 0. The first-order valence-electron chi connectivity index (χ1n) is 6.45. The van der Waals surface area contributed by atoms with Crippen LogP contribution < -0.4 is 10.1 Å². The Hall–Kier alpha value is -1.69. The van der Waals surface area contributed by atoms with Crippen molar-refractivity contribution in [3.63, 3.8) is 0 Å².